The summed E-state index contributed by atoms with van der Waals surface area (Å²) in [4.78, 5) is 49.8. The molecule has 0 saturated carbocycles. The number of benzene rings is 3. The van der Waals surface area contributed by atoms with Crippen molar-refractivity contribution >= 4 is 34.5 Å². The van der Waals surface area contributed by atoms with E-state index in [4.69, 9.17) is 11.5 Å². The second-order valence-corrected chi connectivity index (χ2v) is 9.03. The molecule has 0 radical (unpaired) electrons. The Kier molecular flexibility index (Phi) is 10.2. The molecule has 0 aromatic heterocycles. The molecule has 0 spiro atoms. The summed E-state index contributed by atoms with van der Waals surface area (Å²) in [6.45, 7) is 1.74. The van der Waals surface area contributed by atoms with Crippen molar-refractivity contribution in [2.24, 2.45) is 11.5 Å². The Morgan fingerprint density at radius 1 is 0.763 bits per heavy atom. The van der Waals surface area contributed by atoms with Crippen LogP contribution >= 0.6 is 0 Å². The van der Waals surface area contributed by atoms with Gasteiger partial charge in [-0.3, -0.25) is 19.8 Å². The number of rotatable bonds is 11. The van der Waals surface area contributed by atoms with Crippen molar-refractivity contribution in [2.45, 2.75) is 50.7 Å². The van der Waals surface area contributed by atoms with E-state index in [-0.39, 0.29) is 12.8 Å². The molecular weight excluding hydrogens is 484 g/mol. The highest BCUT2D eigenvalue weighted by molar-refractivity contribution is 5.92. The summed E-state index contributed by atoms with van der Waals surface area (Å²) in [6.07, 6.45) is 1.31. The Morgan fingerprint density at radius 3 is 2.13 bits per heavy atom. The Labute approximate surface area is 221 Å². The van der Waals surface area contributed by atoms with E-state index >= 15 is 0 Å². The van der Waals surface area contributed by atoms with E-state index in [0.29, 0.717) is 12.8 Å². The van der Waals surface area contributed by atoms with Gasteiger partial charge < -0.3 is 22.1 Å². The minimum atomic E-state index is -1.01. The van der Waals surface area contributed by atoms with Crippen LogP contribution in [0.3, 0.4) is 0 Å². The van der Waals surface area contributed by atoms with Gasteiger partial charge >= 0.3 is 6.03 Å². The van der Waals surface area contributed by atoms with E-state index in [2.05, 4.69) is 21.5 Å². The quantitative estimate of drug-likeness (QED) is 0.211. The normalized spacial score (nSPS) is 13.1. The average Bonchev–Trinajstić information content (AvgIpc) is 2.93. The van der Waals surface area contributed by atoms with Gasteiger partial charge in [0, 0.05) is 6.42 Å². The van der Waals surface area contributed by atoms with Crippen LogP contribution in [0.1, 0.15) is 30.9 Å². The number of fused-ring (bicyclic) bond motifs is 1. The van der Waals surface area contributed by atoms with Crippen molar-refractivity contribution in [1.82, 2.24) is 21.5 Å². The molecule has 5 amide bonds. The highest BCUT2D eigenvalue weighted by Crippen LogP contribution is 2.17. The largest absolute Gasteiger partial charge is 0.368 e. The summed E-state index contributed by atoms with van der Waals surface area (Å²) >= 11 is 0. The third kappa shape index (κ3) is 8.31. The number of amides is 5. The van der Waals surface area contributed by atoms with Crippen molar-refractivity contribution in [2.75, 3.05) is 0 Å². The molecule has 3 aromatic rings. The maximum Gasteiger partial charge on any atom is 0.334 e. The molecule has 3 aromatic carbocycles. The van der Waals surface area contributed by atoms with Crippen molar-refractivity contribution in [3.63, 3.8) is 0 Å². The van der Waals surface area contributed by atoms with Gasteiger partial charge in [-0.15, -0.1) is 0 Å². The molecule has 3 rings (SSSR count). The van der Waals surface area contributed by atoms with Crippen molar-refractivity contribution in [3.8, 4) is 0 Å². The number of urea groups is 1. The summed E-state index contributed by atoms with van der Waals surface area (Å²) in [5, 5.41) is 7.30. The van der Waals surface area contributed by atoms with Crippen LogP contribution in [0.25, 0.3) is 10.8 Å². The SMILES string of the molecule is CC[C@H](N)C(=O)NNC(=O)N[C@@H](CCc1ccccc1)C(=O)N[C@@H](Cc1ccc2ccccc2c1)C(N)=O. The monoisotopic (exact) mass is 518 g/mol. The molecule has 8 N–H and O–H groups in total. The Morgan fingerprint density at radius 2 is 1.45 bits per heavy atom. The lowest BCUT2D eigenvalue weighted by molar-refractivity contribution is -0.128. The smallest absolute Gasteiger partial charge is 0.334 e. The minimum Gasteiger partial charge on any atom is -0.368 e. The highest BCUT2D eigenvalue weighted by Gasteiger charge is 2.26. The Balaban J connectivity index is 1.69. The summed E-state index contributed by atoms with van der Waals surface area (Å²) in [7, 11) is 0. The number of nitrogens with two attached hydrogens (primary N) is 2. The van der Waals surface area contributed by atoms with Gasteiger partial charge in [0.05, 0.1) is 6.04 Å². The first-order chi connectivity index (χ1) is 18.3. The average molecular weight is 519 g/mol. The number of hydrogen-bond donors (Lipinski definition) is 6. The van der Waals surface area contributed by atoms with Crippen LogP contribution in [0.4, 0.5) is 4.79 Å². The molecule has 200 valence electrons. The Bertz CT molecular complexity index is 1270. The van der Waals surface area contributed by atoms with Crippen molar-refractivity contribution < 1.29 is 19.2 Å². The molecule has 0 heterocycles. The van der Waals surface area contributed by atoms with Crippen LogP contribution in [-0.2, 0) is 27.2 Å². The predicted octanol–water partition coefficient (Wildman–Crippen LogP) is 1.42. The van der Waals surface area contributed by atoms with Crippen LogP contribution in [0.15, 0.2) is 72.8 Å². The van der Waals surface area contributed by atoms with Gasteiger partial charge in [0.1, 0.15) is 12.1 Å². The molecule has 0 fully saturated rings. The van der Waals surface area contributed by atoms with Crippen molar-refractivity contribution in [1.29, 1.82) is 0 Å². The predicted molar refractivity (Wildman–Crippen MR) is 145 cm³/mol. The lowest BCUT2D eigenvalue weighted by Gasteiger charge is -2.22. The van der Waals surface area contributed by atoms with Crippen LogP contribution in [0, 0.1) is 0 Å². The Hall–Kier alpha value is -4.44. The first-order valence-corrected chi connectivity index (χ1v) is 12.5. The zero-order chi connectivity index (χ0) is 27.5. The van der Waals surface area contributed by atoms with Gasteiger partial charge in [-0.2, -0.15) is 0 Å². The third-order valence-corrected chi connectivity index (χ3v) is 6.18. The number of primary amides is 1. The van der Waals surface area contributed by atoms with Crippen LogP contribution in [-0.4, -0.2) is 41.9 Å². The maximum atomic E-state index is 13.2. The van der Waals surface area contributed by atoms with E-state index in [1.54, 1.807) is 6.92 Å². The van der Waals surface area contributed by atoms with Gasteiger partial charge in [-0.05, 0) is 41.2 Å². The lowest BCUT2D eigenvalue weighted by atomic mass is 10.0. The van der Waals surface area contributed by atoms with Crippen LogP contribution < -0.4 is 33.0 Å². The molecule has 0 bridgehead atoms. The molecule has 0 aliphatic rings. The molecular formula is C28H34N6O4. The van der Waals surface area contributed by atoms with E-state index in [0.717, 1.165) is 21.9 Å². The topological polar surface area (TPSA) is 168 Å². The van der Waals surface area contributed by atoms with Crippen molar-refractivity contribution in [3.05, 3.63) is 83.9 Å². The summed E-state index contributed by atoms with van der Waals surface area (Å²) in [5.41, 5.74) is 17.5. The molecule has 10 heteroatoms. The standard InChI is InChI=1S/C28H34N6O4/c1-2-22(29)26(36)33-34-28(38)32-23(15-13-18-8-4-3-5-9-18)27(37)31-24(25(30)35)17-19-12-14-20-10-6-7-11-21(20)16-19/h3-12,14,16,22-24H,2,13,15,17,29H2,1H3,(H2,30,35)(H,31,37)(H,33,36)(H2,32,34,38)/t22-,23-,24-/m0/s1. The number of nitrogens with one attached hydrogen (secondary N) is 4. The summed E-state index contributed by atoms with van der Waals surface area (Å²) < 4.78 is 0. The number of hydrogen-bond acceptors (Lipinski definition) is 5. The molecule has 0 aliphatic heterocycles. The number of aryl methyl sites for hydroxylation is 1. The fourth-order valence-corrected chi connectivity index (χ4v) is 3.91. The fourth-order valence-electron chi connectivity index (χ4n) is 3.91. The van der Waals surface area contributed by atoms with Gasteiger partial charge in [0.25, 0.3) is 5.91 Å². The number of hydrazine groups is 1. The lowest BCUT2D eigenvalue weighted by Crippen LogP contribution is -2.58. The van der Waals surface area contributed by atoms with Gasteiger partial charge in [-0.25, -0.2) is 10.2 Å². The van der Waals surface area contributed by atoms with E-state index in [1.165, 1.54) is 0 Å². The second kappa shape index (κ2) is 13.8. The van der Waals surface area contributed by atoms with E-state index < -0.39 is 41.9 Å². The fraction of sp³-hybridized carbons (Fsp3) is 0.286. The second-order valence-electron chi connectivity index (χ2n) is 9.03. The minimum absolute atomic E-state index is 0.189. The molecule has 10 nitrogen and oxygen atoms in total. The summed E-state index contributed by atoms with van der Waals surface area (Å²) in [5.74, 6) is -1.83. The molecule has 0 unspecified atom stereocenters. The number of carbonyl (C=O) groups is 4. The van der Waals surface area contributed by atoms with Gasteiger partial charge in [-0.1, -0.05) is 79.7 Å². The molecule has 38 heavy (non-hydrogen) atoms. The highest BCUT2D eigenvalue weighted by atomic mass is 16.2. The zero-order valence-electron chi connectivity index (χ0n) is 21.3. The van der Waals surface area contributed by atoms with E-state index in [1.807, 2.05) is 72.8 Å². The van der Waals surface area contributed by atoms with Crippen LogP contribution in [0.5, 0.6) is 0 Å². The first-order valence-electron chi connectivity index (χ1n) is 12.5. The summed E-state index contributed by atoms with van der Waals surface area (Å²) in [6, 6.07) is 19.5. The molecule has 3 atom stereocenters. The third-order valence-electron chi connectivity index (χ3n) is 6.18. The number of carbonyl (C=O) groups excluding carboxylic acids is 4. The van der Waals surface area contributed by atoms with Gasteiger partial charge in [0.2, 0.25) is 11.8 Å². The molecule has 0 saturated heterocycles. The molecule has 0 aliphatic carbocycles. The van der Waals surface area contributed by atoms with Gasteiger partial charge in [0.15, 0.2) is 0 Å². The first kappa shape index (κ1) is 28.1. The maximum absolute atomic E-state index is 13.2. The van der Waals surface area contributed by atoms with E-state index in [9.17, 15) is 19.2 Å². The zero-order valence-corrected chi connectivity index (χ0v) is 21.3. The van der Waals surface area contributed by atoms with Crippen LogP contribution in [0.2, 0.25) is 0 Å².